The molecule has 9 heteroatoms. The lowest BCUT2D eigenvalue weighted by atomic mass is 10.1. The number of aliphatic carboxylic acids is 1. The SMILES string of the molecule is CC/C=C\C/C=C\C/C=C\C/C=C\C/C=C\C/C=C\CCCCCCC(=O)OC(COC(=O)CCCCCCCCCCCC)COC(OCC[N+](C)(C)C)C(=O)[O-]. The predicted octanol–water partition coefficient (Wildman–Crippen LogP) is 10.6. The number of carbonyl (C=O) groups excluding carboxylic acids is 3. The molecule has 0 amide bonds. The topological polar surface area (TPSA) is 111 Å². The number of carboxylic acids is 1. The van der Waals surface area contributed by atoms with Gasteiger partial charge in [-0.25, -0.2) is 0 Å². The third-order valence-electron chi connectivity index (χ3n) is 9.22. The number of nitrogens with zero attached hydrogens (tertiary/aromatic N) is 1. The van der Waals surface area contributed by atoms with Crippen molar-refractivity contribution < 1.29 is 42.9 Å². The Morgan fingerprint density at radius 2 is 0.983 bits per heavy atom. The number of hydrogen-bond donors (Lipinski definition) is 0. The molecule has 0 aliphatic heterocycles. The Balaban J connectivity index is 4.45. The second-order valence-corrected chi connectivity index (χ2v) is 16.0. The fourth-order valence-corrected chi connectivity index (χ4v) is 5.71. The zero-order valence-electron chi connectivity index (χ0n) is 37.4. The molecule has 0 saturated heterocycles. The van der Waals surface area contributed by atoms with Crippen molar-refractivity contribution in [2.24, 2.45) is 0 Å². The van der Waals surface area contributed by atoms with Crippen molar-refractivity contribution in [2.45, 2.75) is 174 Å². The van der Waals surface area contributed by atoms with Gasteiger partial charge in [0.05, 0.1) is 40.3 Å². The minimum Gasteiger partial charge on any atom is -0.545 e. The van der Waals surface area contributed by atoms with Crippen LogP contribution < -0.4 is 5.11 Å². The lowest BCUT2D eigenvalue weighted by Crippen LogP contribution is -2.44. The Labute approximate surface area is 354 Å². The Bertz CT molecular complexity index is 1180. The number of quaternary nitrogens is 1. The second-order valence-electron chi connectivity index (χ2n) is 16.0. The first-order valence-corrected chi connectivity index (χ1v) is 22.6. The number of unbranched alkanes of at least 4 members (excludes halogenated alkanes) is 13. The van der Waals surface area contributed by atoms with Gasteiger partial charge in [0.1, 0.15) is 13.2 Å². The summed E-state index contributed by atoms with van der Waals surface area (Å²) in [7, 11) is 5.89. The van der Waals surface area contributed by atoms with E-state index in [9.17, 15) is 19.5 Å². The van der Waals surface area contributed by atoms with Crippen molar-refractivity contribution in [3.63, 3.8) is 0 Å². The number of allylic oxidation sites excluding steroid dienone is 12. The van der Waals surface area contributed by atoms with Gasteiger partial charge >= 0.3 is 11.9 Å². The number of hydrogen-bond acceptors (Lipinski definition) is 8. The van der Waals surface area contributed by atoms with Crippen molar-refractivity contribution >= 4 is 17.9 Å². The van der Waals surface area contributed by atoms with E-state index in [0.29, 0.717) is 17.4 Å². The number of carbonyl (C=O) groups is 3. The number of rotatable bonds is 40. The van der Waals surface area contributed by atoms with Crippen molar-refractivity contribution in [2.75, 3.05) is 47.5 Å². The Morgan fingerprint density at radius 3 is 1.47 bits per heavy atom. The van der Waals surface area contributed by atoms with Crippen molar-refractivity contribution in [3.8, 4) is 0 Å². The van der Waals surface area contributed by atoms with Crippen LogP contribution in [0.3, 0.4) is 0 Å². The lowest BCUT2D eigenvalue weighted by molar-refractivity contribution is -0.870. The van der Waals surface area contributed by atoms with Crippen LogP contribution in [-0.2, 0) is 33.3 Å². The van der Waals surface area contributed by atoms with Crippen molar-refractivity contribution in [1.82, 2.24) is 0 Å². The van der Waals surface area contributed by atoms with E-state index in [0.717, 1.165) is 83.5 Å². The first-order valence-electron chi connectivity index (χ1n) is 22.6. The van der Waals surface area contributed by atoms with E-state index < -0.39 is 24.3 Å². The molecule has 332 valence electrons. The maximum Gasteiger partial charge on any atom is 0.306 e. The molecule has 0 spiro atoms. The monoisotopic (exact) mass is 814 g/mol. The average Bonchev–Trinajstić information content (AvgIpc) is 3.18. The maximum absolute atomic E-state index is 12.7. The van der Waals surface area contributed by atoms with E-state index in [2.05, 4.69) is 86.8 Å². The molecule has 2 unspecified atom stereocenters. The third-order valence-corrected chi connectivity index (χ3v) is 9.22. The summed E-state index contributed by atoms with van der Waals surface area (Å²) in [6.07, 6.45) is 46.5. The van der Waals surface area contributed by atoms with Gasteiger partial charge in [-0.05, 0) is 64.2 Å². The molecule has 0 aromatic carbocycles. The van der Waals surface area contributed by atoms with E-state index in [-0.39, 0.29) is 38.6 Å². The summed E-state index contributed by atoms with van der Waals surface area (Å²) in [5, 5.41) is 11.7. The molecule has 0 aliphatic carbocycles. The molecule has 0 saturated carbocycles. The lowest BCUT2D eigenvalue weighted by Gasteiger charge is -2.26. The van der Waals surface area contributed by atoms with Gasteiger partial charge in [0.2, 0.25) is 0 Å². The van der Waals surface area contributed by atoms with Crippen LogP contribution in [0.4, 0.5) is 0 Å². The minimum atomic E-state index is -1.63. The molecule has 0 bridgehead atoms. The molecule has 0 N–H and O–H groups in total. The summed E-state index contributed by atoms with van der Waals surface area (Å²) in [6.45, 7) is 4.56. The molecule has 0 aromatic heterocycles. The van der Waals surface area contributed by atoms with Crippen molar-refractivity contribution in [1.29, 1.82) is 0 Å². The third kappa shape index (κ3) is 40.9. The van der Waals surface area contributed by atoms with Crippen LogP contribution in [0.15, 0.2) is 72.9 Å². The first kappa shape index (κ1) is 54.7. The van der Waals surface area contributed by atoms with Gasteiger partial charge in [-0.15, -0.1) is 0 Å². The molecule has 58 heavy (non-hydrogen) atoms. The number of likely N-dealkylation sites (N-methyl/N-ethyl adjacent to an activating group) is 1. The summed E-state index contributed by atoms with van der Waals surface area (Å²) >= 11 is 0. The summed E-state index contributed by atoms with van der Waals surface area (Å²) in [4.78, 5) is 36.9. The van der Waals surface area contributed by atoms with Crippen LogP contribution in [0.1, 0.15) is 162 Å². The predicted molar refractivity (Wildman–Crippen MR) is 237 cm³/mol. The molecule has 0 aromatic rings. The van der Waals surface area contributed by atoms with Gasteiger partial charge in [-0.1, -0.05) is 157 Å². The molecular weight excluding hydrogens is 731 g/mol. The van der Waals surface area contributed by atoms with Gasteiger partial charge in [0.25, 0.3) is 0 Å². The van der Waals surface area contributed by atoms with Crippen LogP contribution in [0, 0.1) is 0 Å². The summed E-state index contributed by atoms with van der Waals surface area (Å²) in [6, 6.07) is 0. The highest BCUT2D eigenvalue weighted by atomic mass is 16.7. The minimum absolute atomic E-state index is 0.139. The molecule has 0 fully saturated rings. The number of esters is 2. The first-order chi connectivity index (χ1) is 28.1. The summed E-state index contributed by atoms with van der Waals surface area (Å²) < 4.78 is 22.5. The van der Waals surface area contributed by atoms with Gasteiger partial charge in [0.15, 0.2) is 12.4 Å². The van der Waals surface area contributed by atoms with Gasteiger partial charge in [0, 0.05) is 12.8 Å². The standard InChI is InChI=1S/C49H83NO8/c1-6-8-10-12-14-16-18-19-20-21-22-23-24-25-26-27-28-29-30-32-34-36-38-40-47(52)58-45(44-57-49(48(53)54)55-42-41-50(3,4)5)43-56-46(51)39-37-35-33-31-17-15-13-11-9-7-2/h8,10,14,16,19-20,22-23,25-26,28-29,45,49H,6-7,9,11-13,15,17-18,21,24,27,30-44H2,1-5H3/b10-8-,16-14-,20-19-,23-22-,26-25-,29-28-. The fourth-order valence-electron chi connectivity index (χ4n) is 5.71. The molecule has 9 nitrogen and oxygen atoms in total. The summed E-state index contributed by atoms with van der Waals surface area (Å²) in [5.41, 5.74) is 0. The van der Waals surface area contributed by atoms with Gasteiger partial charge in [-0.2, -0.15) is 0 Å². The highest BCUT2D eigenvalue weighted by molar-refractivity contribution is 5.70. The van der Waals surface area contributed by atoms with Gasteiger partial charge in [-0.3, -0.25) is 9.59 Å². The van der Waals surface area contributed by atoms with Crippen LogP contribution in [0.2, 0.25) is 0 Å². The van der Waals surface area contributed by atoms with Crippen molar-refractivity contribution in [3.05, 3.63) is 72.9 Å². The van der Waals surface area contributed by atoms with E-state index in [1.165, 1.54) is 44.9 Å². The van der Waals surface area contributed by atoms with Crippen LogP contribution in [0.25, 0.3) is 0 Å². The molecule has 0 aliphatic rings. The highest BCUT2D eigenvalue weighted by Crippen LogP contribution is 2.13. The average molecular weight is 814 g/mol. The van der Waals surface area contributed by atoms with Crippen LogP contribution in [-0.4, -0.2) is 82.3 Å². The Hall–Kier alpha value is -3.27. The molecule has 0 heterocycles. The zero-order valence-corrected chi connectivity index (χ0v) is 37.4. The molecule has 2 atom stereocenters. The molecular formula is C49H83NO8. The van der Waals surface area contributed by atoms with Crippen LogP contribution in [0.5, 0.6) is 0 Å². The summed E-state index contributed by atoms with van der Waals surface area (Å²) in [5.74, 6) is -2.33. The van der Waals surface area contributed by atoms with E-state index in [4.69, 9.17) is 18.9 Å². The quantitative estimate of drug-likeness (QED) is 0.0198. The van der Waals surface area contributed by atoms with E-state index in [1.807, 2.05) is 21.1 Å². The number of carboxylic acid groups (broad SMARTS) is 1. The molecule has 0 radical (unpaired) electrons. The Morgan fingerprint density at radius 1 is 0.534 bits per heavy atom. The van der Waals surface area contributed by atoms with Gasteiger partial charge < -0.3 is 33.3 Å². The Kier molecular flexibility index (Phi) is 38.2. The smallest absolute Gasteiger partial charge is 0.306 e. The number of ether oxygens (including phenoxy) is 4. The maximum atomic E-state index is 12.7. The second kappa shape index (κ2) is 40.5. The van der Waals surface area contributed by atoms with Crippen LogP contribution >= 0.6 is 0 Å². The van der Waals surface area contributed by atoms with E-state index >= 15 is 0 Å². The normalized spacial score (nSPS) is 13.6. The largest absolute Gasteiger partial charge is 0.545 e. The molecule has 0 rings (SSSR count). The fraction of sp³-hybridized carbons (Fsp3) is 0.694. The van der Waals surface area contributed by atoms with E-state index in [1.54, 1.807) is 0 Å². The highest BCUT2D eigenvalue weighted by Gasteiger charge is 2.21. The zero-order chi connectivity index (χ0) is 42.8.